The molecule has 1 heterocycles. The SMILES string of the molecule is CC(=O)Nc1cc(NC(=O)C(=O)c2c(C)nn(C)c2C)c(F)cc1F. The third kappa shape index (κ3) is 3.70. The first kappa shape index (κ1) is 18.2. The van der Waals surface area contributed by atoms with Crippen molar-refractivity contribution in [2.75, 3.05) is 10.6 Å². The first-order valence-electron chi connectivity index (χ1n) is 7.24. The summed E-state index contributed by atoms with van der Waals surface area (Å²) in [5, 5.41) is 8.30. The summed E-state index contributed by atoms with van der Waals surface area (Å²) in [4.78, 5) is 35.5. The highest BCUT2D eigenvalue weighted by Gasteiger charge is 2.25. The standard InChI is InChI=1S/C16H16F2N4O3/c1-7-14(8(2)22(4)21-7)15(24)16(25)20-13-6-12(19-9(3)23)10(17)5-11(13)18/h5-6H,1-4H3,(H,19,23)(H,20,25). The Balaban J connectivity index is 2.31. The minimum Gasteiger partial charge on any atom is -0.324 e. The van der Waals surface area contributed by atoms with Crippen LogP contribution < -0.4 is 10.6 Å². The number of aryl methyl sites for hydroxylation is 2. The number of amides is 2. The van der Waals surface area contributed by atoms with E-state index in [1.165, 1.54) is 4.68 Å². The van der Waals surface area contributed by atoms with Gasteiger partial charge in [0.25, 0.3) is 11.7 Å². The quantitative estimate of drug-likeness (QED) is 0.652. The molecule has 7 nitrogen and oxygen atoms in total. The van der Waals surface area contributed by atoms with Gasteiger partial charge in [-0.25, -0.2) is 8.78 Å². The fourth-order valence-electron chi connectivity index (χ4n) is 2.33. The summed E-state index contributed by atoms with van der Waals surface area (Å²) in [5.74, 6) is -4.64. The van der Waals surface area contributed by atoms with E-state index >= 15 is 0 Å². The number of hydrogen-bond donors (Lipinski definition) is 2. The van der Waals surface area contributed by atoms with Gasteiger partial charge in [0.05, 0.1) is 22.6 Å². The Morgan fingerprint density at radius 3 is 2.08 bits per heavy atom. The molecule has 2 aromatic rings. The van der Waals surface area contributed by atoms with Gasteiger partial charge < -0.3 is 10.6 Å². The number of anilines is 2. The van der Waals surface area contributed by atoms with Gasteiger partial charge in [-0.2, -0.15) is 5.10 Å². The molecule has 0 saturated heterocycles. The lowest BCUT2D eigenvalue weighted by Gasteiger charge is -2.10. The number of hydrogen-bond acceptors (Lipinski definition) is 4. The van der Waals surface area contributed by atoms with Gasteiger partial charge in [-0.1, -0.05) is 0 Å². The van der Waals surface area contributed by atoms with Gasteiger partial charge >= 0.3 is 0 Å². The number of ketones is 1. The molecule has 2 N–H and O–H groups in total. The number of benzene rings is 1. The molecule has 2 amide bonds. The van der Waals surface area contributed by atoms with Gasteiger partial charge in [-0.05, 0) is 19.9 Å². The van der Waals surface area contributed by atoms with E-state index in [4.69, 9.17) is 0 Å². The second-order valence-corrected chi connectivity index (χ2v) is 5.45. The predicted molar refractivity (Wildman–Crippen MR) is 86.3 cm³/mol. The van der Waals surface area contributed by atoms with Crippen molar-refractivity contribution in [1.82, 2.24) is 9.78 Å². The highest BCUT2D eigenvalue weighted by atomic mass is 19.1. The van der Waals surface area contributed by atoms with Crippen molar-refractivity contribution in [2.45, 2.75) is 20.8 Å². The fraction of sp³-hybridized carbons (Fsp3) is 0.250. The van der Waals surface area contributed by atoms with Crippen molar-refractivity contribution in [2.24, 2.45) is 7.05 Å². The van der Waals surface area contributed by atoms with E-state index in [9.17, 15) is 23.2 Å². The summed E-state index contributed by atoms with van der Waals surface area (Å²) >= 11 is 0. The van der Waals surface area contributed by atoms with Gasteiger partial charge in [0.1, 0.15) is 11.6 Å². The highest BCUT2D eigenvalue weighted by Crippen LogP contribution is 2.24. The van der Waals surface area contributed by atoms with Crippen molar-refractivity contribution in [3.63, 3.8) is 0 Å². The maximum atomic E-state index is 13.9. The van der Waals surface area contributed by atoms with Crippen LogP contribution in [0.5, 0.6) is 0 Å². The molecule has 0 spiro atoms. The summed E-state index contributed by atoms with van der Waals surface area (Å²) < 4.78 is 28.9. The van der Waals surface area contributed by atoms with E-state index in [2.05, 4.69) is 15.7 Å². The lowest BCUT2D eigenvalue weighted by Crippen LogP contribution is -2.24. The number of rotatable bonds is 4. The number of carbonyl (C=O) groups is 3. The maximum Gasteiger partial charge on any atom is 0.296 e. The van der Waals surface area contributed by atoms with Crippen molar-refractivity contribution >= 4 is 29.0 Å². The zero-order chi connectivity index (χ0) is 18.9. The van der Waals surface area contributed by atoms with E-state index < -0.39 is 34.9 Å². The molecule has 0 atom stereocenters. The highest BCUT2D eigenvalue weighted by molar-refractivity contribution is 6.47. The smallest absolute Gasteiger partial charge is 0.296 e. The number of nitrogens with one attached hydrogen (secondary N) is 2. The van der Waals surface area contributed by atoms with Crippen molar-refractivity contribution in [3.8, 4) is 0 Å². The Morgan fingerprint density at radius 1 is 1.04 bits per heavy atom. The fourth-order valence-corrected chi connectivity index (χ4v) is 2.33. The van der Waals surface area contributed by atoms with Gasteiger partial charge in [0.2, 0.25) is 5.91 Å². The molecule has 9 heteroatoms. The second kappa shape index (κ2) is 6.80. The molecule has 1 aromatic carbocycles. The van der Waals surface area contributed by atoms with Gasteiger partial charge in [-0.3, -0.25) is 19.1 Å². The molecule has 0 aliphatic carbocycles. The Morgan fingerprint density at radius 2 is 1.60 bits per heavy atom. The first-order chi connectivity index (χ1) is 11.6. The average molecular weight is 350 g/mol. The largest absolute Gasteiger partial charge is 0.324 e. The Bertz CT molecular complexity index is 890. The number of aromatic nitrogens is 2. The normalized spacial score (nSPS) is 10.5. The number of halogens is 2. The first-order valence-corrected chi connectivity index (χ1v) is 7.24. The zero-order valence-electron chi connectivity index (χ0n) is 14.0. The molecule has 1 aromatic heterocycles. The summed E-state index contributed by atoms with van der Waals surface area (Å²) in [6, 6.07) is 1.41. The monoisotopic (exact) mass is 350 g/mol. The van der Waals surface area contributed by atoms with Gasteiger partial charge in [-0.15, -0.1) is 0 Å². The molecule has 0 bridgehead atoms. The van der Waals surface area contributed by atoms with E-state index in [-0.39, 0.29) is 11.3 Å². The predicted octanol–water partition coefficient (Wildman–Crippen LogP) is 2.09. The van der Waals surface area contributed by atoms with Crippen LogP contribution in [-0.2, 0) is 16.6 Å². The lowest BCUT2D eigenvalue weighted by molar-refractivity contribution is -0.114. The molecule has 0 unspecified atom stereocenters. The molecule has 0 aliphatic heterocycles. The third-order valence-corrected chi connectivity index (χ3v) is 3.56. The van der Waals surface area contributed by atoms with Crippen LogP contribution in [0.15, 0.2) is 12.1 Å². The molecule has 0 fully saturated rings. The van der Waals surface area contributed by atoms with Crippen LogP contribution in [0.2, 0.25) is 0 Å². The molecular weight excluding hydrogens is 334 g/mol. The minimum absolute atomic E-state index is 0.115. The van der Waals surface area contributed by atoms with E-state index in [1.54, 1.807) is 20.9 Å². The van der Waals surface area contributed by atoms with E-state index in [0.29, 0.717) is 17.5 Å². The lowest BCUT2D eigenvalue weighted by atomic mass is 10.1. The number of nitrogens with zero attached hydrogens (tertiary/aromatic N) is 2. The molecular formula is C16H16F2N4O3. The maximum absolute atomic E-state index is 13.9. The minimum atomic E-state index is -1.10. The van der Waals surface area contributed by atoms with E-state index in [0.717, 1.165) is 13.0 Å². The van der Waals surface area contributed by atoms with Crippen molar-refractivity contribution in [3.05, 3.63) is 40.7 Å². The van der Waals surface area contributed by atoms with Crippen LogP contribution >= 0.6 is 0 Å². The van der Waals surface area contributed by atoms with Crippen LogP contribution in [0.1, 0.15) is 28.7 Å². The van der Waals surface area contributed by atoms with Crippen LogP contribution in [-0.4, -0.2) is 27.4 Å². The molecule has 0 aliphatic rings. The zero-order valence-corrected chi connectivity index (χ0v) is 14.0. The van der Waals surface area contributed by atoms with Crippen LogP contribution in [0.3, 0.4) is 0 Å². The second-order valence-electron chi connectivity index (χ2n) is 5.45. The Hall–Kier alpha value is -3.10. The molecule has 2 rings (SSSR count). The summed E-state index contributed by atoms with van der Waals surface area (Å²) in [6.07, 6.45) is 0. The summed E-state index contributed by atoms with van der Waals surface area (Å²) in [5.41, 5.74) is 0.215. The Labute approximate surface area is 142 Å². The van der Waals surface area contributed by atoms with Crippen molar-refractivity contribution < 1.29 is 23.2 Å². The van der Waals surface area contributed by atoms with Gasteiger partial charge in [0.15, 0.2) is 0 Å². The molecule has 0 radical (unpaired) electrons. The van der Waals surface area contributed by atoms with Crippen LogP contribution in [0.25, 0.3) is 0 Å². The average Bonchev–Trinajstić information content (AvgIpc) is 2.75. The molecule has 25 heavy (non-hydrogen) atoms. The van der Waals surface area contributed by atoms with Crippen LogP contribution in [0, 0.1) is 25.5 Å². The van der Waals surface area contributed by atoms with Crippen LogP contribution in [0.4, 0.5) is 20.2 Å². The molecule has 132 valence electrons. The van der Waals surface area contributed by atoms with Crippen molar-refractivity contribution in [1.29, 1.82) is 0 Å². The summed E-state index contributed by atoms with van der Waals surface area (Å²) in [6.45, 7) is 4.34. The number of carbonyl (C=O) groups excluding carboxylic acids is 3. The third-order valence-electron chi connectivity index (χ3n) is 3.56. The summed E-state index contributed by atoms with van der Waals surface area (Å²) in [7, 11) is 1.62. The van der Waals surface area contributed by atoms with Gasteiger partial charge in [0, 0.05) is 25.7 Å². The Kier molecular flexibility index (Phi) is 4.96. The molecule has 0 saturated carbocycles. The number of Topliss-reactive ketones (excluding diaryl/α,β-unsaturated/α-hetero) is 1. The van der Waals surface area contributed by atoms with E-state index in [1.807, 2.05) is 0 Å². The topological polar surface area (TPSA) is 93.1 Å².